The number of aliphatic hydroxyl groups is 1. The third-order valence-electron chi connectivity index (χ3n) is 3.60. The maximum Gasteiger partial charge on any atom is 0.260 e. The van der Waals surface area contributed by atoms with Crippen molar-refractivity contribution < 1.29 is 14.7 Å². The second-order valence-corrected chi connectivity index (χ2v) is 7.74. The minimum atomic E-state index is -0.759. The minimum absolute atomic E-state index is 0.201. The molecule has 2 aromatic rings. The zero-order chi connectivity index (χ0) is 15.1. The number of imide groups is 1. The van der Waals surface area contributed by atoms with Gasteiger partial charge in [-0.25, -0.2) is 0 Å². The highest BCUT2D eigenvalue weighted by molar-refractivity contribution is 14.1. The summed E-state index contributed by atoms with van der Waals surface area (Å²) in [6.45, 7) is 0. The highest BCUT2D eigenvalue weighted by Gasteiger charge is 2.28. The Morgan fingerprint density at radius 1 is 1.29 bits per heavy atom. The van der Waals surface area contributed by atoms with Gasteiger partial charge in [0, 0.05) is 12.6 Å². The lowest BCUT2D eigenvalue weighted by atomic mass is 9.93. The second-order valence-electron chi connectivity index (χ2n) is 4.94. The lowest BCUT2D eigenvalue weighted by molar-refractivity contribution is -0.127. The van der Waals surface area contributed by atoms with Crippen LogP contribution >= 0.6 is 33.9 Å². The van der Waals surface area contributed by atoms with Crippen LogP contribution < -0.4 is 0 Å². The summed E-state index contributed by atoms with van der Waals surface area (Å²) in [4.78, 5) is 25.0. The van der Waals surface area contributed by atoms with Gasteiger partial charge in [0.05, 0.1) is 9.30 Å². The molecular formula is C15H12INO3S. The number of nitrogens with zero attached hydrogens (tertiary/aromatic N) is 1. The van der Waals surface area contributed by atoms with Crippen molar-refractivity contribution in [1.82, 2.24) is 4.90 Å². The number of aliphatic hydroxyl groups excluding tert-OH is 1. The summed E-state index contributed by atoms with van der Waals surface area (Å²) >= 11 is 3.77. The first-order valence-corrected chi connectivity index (χ1v) is 8.29. The van der Waals surface area contributed by atoms with E-state index in [1.54, 1.807) is 29.5 Å². The number of benzene rings is 1. The van der Waals surface area contributed by atoms with Crippen LogP contribution in [0.25, 0.3) is 0 Å². The zero-order valence-electron chi connectivity index (χ0n) is 11.2. The summed E-state index contributed by atoms with van der Waals surface area (Å²) in [6, 6.07) is 7.15. The molecule has 6 heteroatoms. The van der Waals surface area contributed by atoms with Gasteiger partial charge >= 0.3 is 0 Å². The van der Waals surface area contributed by atoms with Crippen molar-refractivity contribution in [3.05, 3.63) is 54.8 Å². The van der Waals surface area contributed by atoms with E-state index in [0.29, 0.717) is 11.1 Å². The van der Waals surface area contributed by atoms with E-state index in [1.165, 1.54) is 7.05 Å². The number of thiophene rings is 1. The van der Waals surface area contributed by atoms with Gasteiger partial charge in [-0.15, -0.1) is 11.3 Å². The van der Waals surface area contributed by atoms with Gasteiger partial charge in [-0.3, -0.25) is 14.5 Å². The second kappa shape index (κ2) is 5.51. The first-order valence-electron chi connectivity index (χ1n) is 6.33. The number of halogens is 1. The van der Waals surface area contributed by atoms with E-state index in [2.05, 4.69) is 22.6 Å². The van der Waals surface area contributed by atoms with E-state index in [0.717, 1.165) is 18.9 Å². The number of likely N-dealkylation sites (N-methyl/N-ethyl adjacent to an activating group) is 1. The fraction of sp³-hybridized carbons (Fsp3) is 0.200. The van der Waals surface area contributed by atoms with Crippen LogP contribution in [0.1, 0.15) is 33.2 Å². The Morgan fingerprint density at radius 3 is 2.71 bits per heavy atom. The van der Waals surface area contributed by atoms with Crippen molar-refractivity contribution in [3.8, 4) is 0 Å². The van der Waals surface area contributed by atoms with Gasteiger partial charge in [-0.2, -0.15) is 0 Å². The number of hydrogen-bond donors (Lipinski definition) is 1. The predicted octanol–water partition coefficient (Wildman–Crippen LogP) is 2.59. The molecule has 4 nitrogen and oxygen atoms in total. The van der Waals surface area contributed by atoms with E-state index in [4.69, 9.17) is 0 Å². The molecule has 1 aromatic heterocycles. The SMILES string of the molecule is CN1C(=O)Cc2ccc(C(O)c3csc(I)c3)cc2C1=O. The molecule has 3 rings (SSSR count). The van der Waals surface area contributed by atoms with Crippen LogP contribution in [0.15, 0.2) is 29.6 Å². The molecule has 21 heavy (non-hydrogen) atoms. The minimum Gasteiger partial charge on any atom is -0.384 e. The molecule has 1 unspecified atom stereocenters. The number of fused-ring (bicyclic) bond motifs is 1. The van der Waals surface area contributed by atoms with Gasteiger partial charge in [0.25, 0.3) is 5.91 Å². The Hall–Kier alpha value is -1.25. The van der Waals surface area contributed by atoms with E-state index in [9.17, 15) is 14.7 Å². The van der Waals surface area contributed by atoms with Crippen LogP contribution in [-0.2, 0) is 11.2 Å². The lowest BCUT2D eigenvalue weighted by Crippen LogP contribution is -2.39. The van der Waals surface area contributed by atoms with Crippen molar-refractivity contribution in [2.24, 2.45) is 0 Å². The molecule has 108 valence electrons. The smallest absolute Gasteiger partial charge is 0.260 e. The number of rotatable bonds is 2. The summed E-state index contributed by atoms with van der Waals surface area (Å²) in [6.07, 6.45) is -0.532. The normalized spacial score (nSPS) is 16.0. The van der Waals surface area contributed by atoms with Crippen LogP contribution in [-0.4, -0.2) is 28.9 Å². The Bertz CT molecular complexity index is 740. The van der Waals surface area contributed by atoms with Crippen molar-refractivity contribution >= 4 is 45.7 Å². The standard InChI is InChI=1S/C15H12INO3S/c1-17-13(18)6-8-2-3-9(4-11(8)15(17)20)14(19)10-5-12(16)21-7-10/h2-5,7,14,19H,6H2,1H3. The largest absolute Gasteiger partial charge is 0.384 e. The molecule has 0 fully saturated rings. The van der Waals surface area contributed by atoms with E-state index < -0.39 is 6.10 Å². The van der Waals surface area contributed by atoms with Crippen LogP contribution in [0.2, 0.25) is 0 Å². The van der Waals surface area contributed by atoms with Crippen molar-refractivity contribution in [2.45, 2.75) is 12.5 Å². The highest BCUT2D eigenvalue weighted by atomic mass is 127. The number of carbonyl (C=O) groups is 2. The van der Waals surface area contributed by atoms with Gasteiger partial charge in [-0.05, 0) is 56.8 Å². The molecule has 0 saturated heterocycles. The van der Waals surface area contributed by atoms with E-state index >= 15 is 0 Å². The van der Waals surface area contributed by atoms with Crippen molar-refractivity contribution in [2.75, 3.05) is 7.05 Å². The van der Waals surface area contributed by atoms with Gasteiger partial charge < -0.3 is 5.11 Å². The number of carbonyl (C=O) groups excluding carboxylic acids is 2. The van der Waals surface area contributed by atoms with Crippen LogP contribution in [0.4, 0.5) is 0 Å². The first-order chi connectivity index (χ1) is 9.97. The Balaban J connectivity index is 2.00. The first kappa shape index (κ1) is 14.7. The van der Waals surface area contributed by atoms with Crippen LogP contribution in [0, 0.1) is 2.88 Å². The maximum absolute atomic E-state index is 12.2. The summed E-state index contributed by atoms with van der Waals surface area (Å²) in [5, 5.41) is 12.3. The fourth-order valence-corrected chi connectivity index (χ4v) is 3.74. The fourth-order valence-electron chi connectivity index (χ4n) is 2.35. The average molecular weight is 413 g/mol. The average Bonchev–Trinajstić information content (AvgIpc) is 2.90. The molecule has 0 spiro atoms. The molecule has 1 atom stereocenters. The van der Waals surface area contributed by atoms with E-state index in [1.807, 2.05) is 11.4 Å². The molecule has 0 bridgehead atoms. The van der Waals surface area contributed by atoms with Crippen LogP contribution in [0.5, 0.6) is 0 Å². The van der Waals surface area contributed by atoms with Gasteiger partial charge in [-0.1, -0.05) is 12.1 Å². The Labute approximate surface area is 139 Å². The maximum atomic E-state index is 12.2. The van der Waals surface area contributed by atoms with Gasteiger partial charge in [0.15, 0.2) is 0 Å². The lowest BCUT2D eigenvalue weighted by Gasteiger charge is -2.24. The van der Waals surface area contributed by atoms with Gasteiger partial charge in [0.1, 0.15) is 6.10 Å². The molecule has 1 N–H and O–H groups in total. The Kier molecular flexibility index (Phi) is 3.85. The highest BCUT2D eigenvalue weighted by Crippen LogP contribution is 2.29. The summed E-state index contributed by atoms with van der Waals surface area (Å²) in [5.41, 5.74) is 2.70. The molecule has 0 saturated carbocycles. The molecule has 1 aliphatic heterocycles. The number of amides is 2. The third-order valence-corrected chi connectivity index (χ3v) is 5.41. The predicted molar refractivity (Wildman–Crippen MR) is 88.3 cm³/mol. The topological polar surface area (TPSA) is 57.6 Å². The van der Waals surface area contributed by atoms with E-state index in [-0.39, 0.29) is 18.2 Å². The number of hydrogen-bond acceptors (Lipinski definition) is 4. The molecule has 1 aliphatic rings. The van der Waals surface area contributed by atoms with Crippen molar-refractivity contribution in [1.29, 1.82) is 0 Å². The molecule has 0 aliphatic carbocycles. The molecular weight excluding hydrogens is 401 g/mol. The van der Waals surface area contributed by atoms with Gasteiger partial charge in [0.2, 0.25) is 5.91 Å². The molecule has 2 amide bonds. The third kappa shape index (κ3) is 2.63. The molecule has 2 heterocycles. The monoisotopic (exact) mass is 413 g/mol. The summed E-state index contributed by atoms with van der Waals surface area (Å²) in [7, 11) is 1.48. The van der Waals surface area contributed by atoms with Crippen LogP contribution in [0.3, 0.4) is 0 Å². The molecule has 0 radical (unpaired) electrons. The van der Waals surface area contributed by atoms with Crippen molar-refractivity contribution in [3.63, 3.8) is 0 Å². The summed E-state index contributed by atoms with van der Waals surface area (Å²) < 4.78 is 1.10. The quantitative estimate of drug-likeness (QED) is 0.609. The Morgan fingerprint density at radius 2 is 2.05 bits per heavy atom. The summed E-state index contributed by atoms with van der Waals surface area (Å²) in [5.74, 6) is -0.511. The molecule has 1 aromatic carbocycles. The zero-order valence-corrected chi connectivity index (χ0v) is 14.1.